The molecule has 4 rings (SSSR count). The van der Waals surface area contributed by atoms with Crippen LogP contribution in [0.15, 0.2) is 58.0 Å². The summed E-state index contributed by atoms with van der Waals surface area (Å²) in [4.78, 5) is 5.42. The minimum atomic E-state index is 1.31. The highest BCUT2D eigenvalue weighted by Gasteiger charge is 2.13. The summed E-state index contributed by atoms with van der Waals surface area (Å²) in [6, 6.07) is 9.36. The molecule has 4 heteroatoms. The summed E-state index contributed by atoms with van der Waals surface area (Å²) in [5.74, 6) is 0. The van der Waals surface area contributed by atoms with Crippen LogP contribution in [0.25, 0.3) is 30.9 Å². The maximum atomic E-state index is 3.88. The topological polar surface area (TPSA) is 0 Å². The Morgan fingerprint density at radius 1 is 0.750 bits per heavy atom. The molecule has 0 unspecified atom stereocenters. The molecule has 0 fully saturated rings. The van der Waals surface area contributed by atoms with E-state index in [-0.39, 0.29) is 0 Å². The van der Waals surface area contributed by atoms with E-state index in [9.17, 15) is 0 Å². The standard InChI is InChI=1S/C20H16S4/c1-5-21-19-11(3)23-17-9-14-8-16-18(10-13(14)7-15(17)19)24-12(4)20(16)22-6-2/h5-10H,1-2H2,3-4H3. The summed E-state index contributed by atoms with van der Waals surface area (Å²) in [7, 11) is 0. The molecule has 0 bridgehead atoms. The molecule has 4 aromatic rings. The normalized spacial score (nSPS) is 11.6. The van der Waals surface area contributed by atoms with Gasteiger partial charge in [-0.2, -0.15) is 0 Å². The van der Waals surface area contributed by atoms with E-state index in [2.05, 4.69) is 51.3 Å². The van der Waals surface area contributed by atoms with Gasteiger partial charge in [-0.1, -0.05) is 36.7 Å². The summed E-state index contributed by atoms with van der Waals surface area (Å²) in [5, 5.41) is 9.17. The quantitative estimate of drug-likeness (QED) is 0.324. The largest absolute Gasteiger partial charge is 0.139 e. The third-order valence-electron chi connectivity index (χ3n) is 4.09. The fourth-order valence-electron chi connectivity index (χ4n) is 3.09. The van der Waals surface area contributed by atoms with Crippen molar-refractivity contribution in [1.82, 2.24) is 0 Å². The fraction of sp³-hybridized carbons (Fsp3) is 0.100. The first-order valence-corrected chi connectivity index (χ1v) is 11.0. The van der Waals surface area contributed by atoms with Gasteiger partial charge in [0.05, 0.1) is 0 Å². The van der Waals surface area contributed by atoms with Crippen molar-refractivity contribution in [2.75, 3.05) is 0 Å². The van der Waals surface area contributed by atoms with Crippen molar-refractivity contribution in [2.24, 2.45) is 0 Å². The van der Waals surface area contributed by atoms with Gasteiger partial charge in [-0.15, -0.1) is 22.7 Å². The Morgan fingerprint density at radius 2 is 1.17 bits per heavy atom. The molecule has 2 aromatic carbocycles. The van der Waals surface area contributed by atoms with Gasteiger partial charge < -0.3 is 0 Å². The van der Waals surface area contributed by atoms with Gasteiger partial charge in [-0.05, 0) is 59.7 Å². The lowest BCUT2D eigenvalue weighted by Crippen LogP contribution is -1.76. The van der Waals surface area contributed by atoms with Crippen molar-refractivity contribution >= 4 is 77.1 Å². The molecule has 0 spiro atoms. The van der Waals surface area contributed by atoms with Crippen LogP contribution in [0, 0.1) is 13.8 Å². The Hall–Kier alpha value is -1.20. The number of benzene rings is 2. The molecule has 0 aliphatic rings. The van der Waals surface area contributed by atoms with E-state index in [4.69, 9.17) is 0 Å². The number of hydrogen-bond donors (Lipinski definition) is 0. The van der Waals surface area contributed by atoms with Crippen LogP contribution >= 0.6 is 46.2 Å². The van der Waals surface area contributed by atoms with E-state index >= 15 is 0 Å². The molecule has 120 valence electrons. The smallest absolute Gasteiger partial charge is 0.0363 e. The van der Waals surface area contributed by atoms with Gasteiger partial charge in [-0.3, -0.25) is 0 Å². The van der Waals surface area contributed by atoms with Crippen molar-refractivity contribution < 1.29 is 0 Å². The molecule has 0 amide bonds. The molecular weight excluding hydrogens is 368 g/mol. The average Bonchev–Trinajstić information content (AvgIpc) is 3.01. The van der Waals surface area contributed by atoms with Crippen LogP contribution < -0.4 is 0 Å². The summed E-state index contributed by atoms with van der Waals surface area (Å²) in [6.45, 7) is 12.1. The van der Waals surface area contributed by atoms with Gasteiger partial charge in [0.15, 0.2) is 0 Å². The third-order valence-corrected chi connectivity index (χ3v) is 8.35. The molecule has 0 saturated carbocycles. The molecule has 0 N–H and O–H groups in total. The number of hydrogen-bond acceptors (Lipinski definition) is 4. The SMILES string of the molecule is C=CSc1c(C)sc2cc3cc4c(SC=C)c(C)sc4cc3cc12. The van der Waals surface area contributed by atoms with Crippen LogP contribution in [0.1, 0.15) is 9.75 Å². The Morgan fingerprint density at radius 3 is 1.54 bits per heavy atom. The molecule has 0 aliphatic heterocycles. The highest BCUT2D eigenvalue weighted by atomic mass is 32.2. The van der Waals surface area contributed by atoms with Gasteiger partial charge in [0.1, 0.15) is 0 Å². The molecule has 0 nitrogen and oxygen atoms in total. The lowest BCUT2D eigenvalue weighted by molar-refractivity contribution is 1.47. The van der Waals surface area contributed by atoms with E-state index in [1.54, 1.807) is 23.5 Å². The van der Waals surface area contributed by atoms with Crippen molar-refractivity contribution in [3.8, 4) is 0 Å². The van der Waals surface area contributed by atoms with Crippen molar-refractivity contribution in [3.63, 3.8) is 0 Å². The number of fused-ring (bicyclic) bond motifs is 3. The van der Waals surface area contributed by atoms with Crippen molar-refractivity contribution in [3.05, 3.63) is 58.0 Å². The summed E-state index contributed by atoms with van der Waals surface area (Å²) in [6.07, 6.45) is 0. The van der Waals surface area contributed by atoms with Crippen LogP contribution in [0.4, 0.5) is 0 Å². The molecule has 0 saturated heterocycles. The number of thioether (sulfide) groups is 2. The Labute approximate surface area is 158 Å². The minimum Gasteiger partial charge on any atom is -0.139 e. The van der Waals surface area contributed by atoms with Gasteiger partial charge >= 0.3 is 0 Å². The Kier molecular flexibility index (Phi) is 4.25. The van der Waals surface area contributed by atoms with E-state index < -0.39 is 0 Å². The second-order valence-electron chi connectivity index (χ2n) is 5.59. The highest BCUT2D eigenvalue weighted by molar-refractivity contribution is 8.02. The predicted octanol–water partition coefficient (Wildman–Crippen LogP) is 8.36. The third kappa shape index (κ3) is 2.53. The summed E-state index contributed by atoms with van der Waals surface area (Å²) in [5.41, 5.74) is 0. The predicted molar refractivity (Wildman–Crippen MR) is 116 cm³/mol. The van der Waals surface area contributed by atoms with Crippen LogP contribution in [-0.2, 0) is 0 Å². The van der Waals surface area contributed by atoms with Gasteiger partial charge in [-0.25, -0.2) is 0 Å². The zero-order chi connectivity index (χ0) is 16.8. The Bertz CT molecular complexity index is 1020. The van der Waals surface area contributed by atoms with E-state index in [0.717, 1.165) is 0 Å². The maximum absolute atomic E-state index is 3.88. The summed E-state index contributed by atoms with van der Waals surface area (Å²) < 4.78 is 2.71. The monoisotopic (exact) mass is 384 g/mol. The first-order valence-electron chi connectivity index (χ1n) is 7.57. The molecule has 0 atom stereocenters. The average molecular weight is 385 g/mol. The lowest BCUT2D eigenvalue weighted by atomic mass is 10.1. The first-order chi connectivity index (χ1) is 11.6. The van der Waals surface area contributed by atoms with E-state index in [0.29, 0.717) is 0 Å². The number of thiophene rings is 2. The van der Waals surface area contributed by atoms with Gasteiger partial charge in [0.2, 0.25) is 0 Å². The summed E-state index contributed by atoms with van der Waals surface area (Å²) >= 11 is 7.19. The lowest BCUT2D eigenvalue weighted by Gasteiger charge is -2.03. The van der Waals surface area contributed by atoms with Crippen molar-refractivity contribution in [1.29, 1.82) is 0 Å². The second-order valence-corrected chi connectivity index (χ2v) is 10.1. The van der Waals surface area contributed by atoms with Crippen molar-refractivity contribution in [2.45, 2.75) is 23.6 Å². The van der Waals surface area contributed by atoms with Gasteiger partial charge in [0.25, 0.3) is 0 Å². The van der Waals surface area contributed by atoms with E-state index in [1.807, 2.05) is 33.5 Å². The minimum absolute atomic E-state index is 1.31. The van der Waals surface area contributed by atoms with Crippen LogP contribution in [0.3, 0.4) is 0 Å². The van der Waals surface area contributed by atoms with Crippen LogP contribution in [-0.4, -0.2) is 0 Å². The van der Waals surface area contributed by atoms with Crippen LogP contribution in [0.2, 0.25) is 0 Å². The molecule has 24 heavy (non-hydrogen) atoms. The highest BCUT2D eigenvalue weighted by Crippen LogP contribution is 2.43. The number of rotatable bonds is 4. The molecule has 2 heterocycles. The van der Waals surface area contributed by atoms with Gasteiger partial charge in [0, 0.05) is 39.7 Å². The Balaban J connectivity index is 2.04. The zero-order valence-electron chi connectivity index (χ0n) is 13.5. The molecule has 2 aromatic heterocycles. The second kappa shape index (κ2) is 6.26. The van der Waals surface area contributed by atoms with E-state index in [1.165, 1.54) is 50.5 Å². The fourth-order valence-corrected chi connectivity index (χ4v) is 7.00. The first kappa shape index (κ1) is 16.3. The maximum Gasteiger partial charge on any atom is 0.0363 e. The molecule has 0 radical (unpaired) electrons. The van der Waals surface area contributed by atoms with Crippen LogP contribution in [0.5, 0.6) is 0 Å². The molecular formula is C20H16S4. The molecule has 0 aliphatic carbocycles. The number of aryl methyl sites for hydroxylation is 2. The zero-order valence-corrected chi connectivity index (χ0v) is 16.8.